The minimum Gasteiger partial charge on any atom is -0.508 e. The number of phenolic OH excluding ortho intramolecular Hbond substituents is 1. The van der Waals surface area contributed by atoms with Gasteiger partial charge in [-0.1, -0.05) is 36.4 Å². The monoisotopic (exact) mass is 364 g/mol. The molecule has 1 aromatic heterocycles. The molecule has 1 amide bonds. The Bertz CT molecular complexity index is 882. The predicted molar refractivity (Wildman–Crippen MR) is 102 cm³/mol. The fourth-order valence-electron chi connectivity index (χ4n) is 2.98. The summed E-state index contributed by atoms with van der Waals surface area (Å²) in [5.74, 6) is -0.698. The van der Waals surface area contributed by atoms with E-state index in [0.717, 1.165) is 16.7 Å². The molecule has 2 aromatic carbocycles. The molecule has 1 heterocycles. The number of nitrogens with one attached hydrogen (secondary N) is 1. The zero-order chi connectivity index (χ0) is 19.1. The third-order valence-electron chi connectivity index (χ3n) is 4.44. The second kappa shape index (κ2) is 8.94. The van der Waals surface area contributed by atoms with Gasteiger partial charge < -0.3 is 10.4 Å². The summed E-state index contributed by atoms with van der Waals surface area (Å²) in [4.78, 5) is 16.9. The van der Waals surface area contributed by atoms with Crippen LogP contribution in [-0.2, 0) is 17.6 Å². The van der Waals surface area contributed by atoms with E-state index in [1.807, 2.05) is 24.3 Å². The van der Waals surface area contributed by atoms with Crippen LogP contribution in [0, 0.1) is 5.82 Å². The number of halogens is 1. The molecule has 0 spiro atoms. The molecule has 0 fully saturated rings. The maximum Gasteiger partial charge on any atom is 0.227 e. The van der Waals surface area contributed by atoms with E-state index in [1.54, 1.807) is 36.7 Å². The molecule has 5 heteroatoms. The third kappa shape index (κ3) is 5.14. The molecule has 0 aliphatic carbocycles. The van der Waals surface area contributed by atoms with Crippen molar-refractivity contribution in [1.29, 1.82) is 0 Å². The number of phenols is 1. The van der Waals surface area contributed by atoms with Crippen LogP contribution in [0.25, 0.3) is 0 Å². The molecule has 2 N–H and O–H groups in total. The average Bonchev–Trinajstić information content (AvgIpc) is 2.69. The maximum atomic E-state index is 13.3. The van der Waals surface area contributed by atoms with Gasteiger partial charge in [0, 0.05) is 18.9 Å². The number of hydrogen-bond donors (Lipinski definition) is 2. The van der Waals surface area contributed by atoms with Crippen LogP contribution in [0.1, 0.15) is 22.6 Å². The Balaban J connectivity index is 1.70. The number of benzene rings is 2. The van der Waals surface area contributed by atoms with Crippen molar-refractivity contribution in [3.63, 3.8) is 0 Å². The first-order valence-electron chi connectivity index (χ1n) is 8.82. The van der Waals surface area contributed by atoms with Crippen molar-refractivity contribution >= 4 is 5.91 Å². The summed E-state index contributed by atoms with van der Waals surface area (Å²) >= 11 is 0. The van der Waals surface area contributed by atoms with Gasteiger partial charge in [0.15, 0.2) is 0 Å². The van der Waals surface area contributed by atoms with Crippen LogP contribution in [-0.4, -0.2) is 22.5 Å². The van der Waals surface area contributed by atoms with Gasteiger partial charge in [-0.05, 0) is 53.8 Å². The summed E-state index contributed by atoms with van der Waals surface area (Å²) in [6.45, 7) is 0.404. The summed E-state index contributed by atoms with van der Waals surface area (Å²) < 4.78 is 13.3. The highest BCUT2D eigenvalue weighted by molar-refractivity contribution is 5.84. The molecule has 3 rings (SSSR count). The Morgan fingerprint density at radius 1 is 1.07 bits per heavy atom. The summed E-state index contributed by atoms with van der Waals surface area (Å²) in [5.41, 5.74) is 2.46. The van der Waals surface area contributed by atoms with Gasteiger partial charge in [-0.25, -0.2) is 4.39 Å². The van der Waals surface area contributed by atoms with E-state index in [4.69, 9.17) is 0 Å². The number of pyridine rings is 1. The highest BCUT2D eigenvalue weighted by Gasteiger charge is 2.21. The molecule has 1 atom stereocenters. The SMILES string of the molecule is O=C(NCCc1ccccc1O)C(Cc1cccnc1)c1ccc(F)cc1. The van der Waals surface area contributed by atoms with Gasteiger partial charge in [0.1, 0.15) is 11.6 Å². The topological polar surface area (TPSA) is 62.2 Å². The molecule has 27 heavy (non-hydrogen) atoms. The van der Waals surface area contributed by atoms with Crippen molar-refractivity contribution in [2.45, 2.75) is 18.8 Å². The summed E-state index contributed by atoms with van der Waals surface area (Å²) in [7, 11) is 0. The Hall–Kier alpha value is -3.21. The van der Waals surface area contributed by atoms with E-state index >= 15 is 0 Å². The lowest BCUT2D eigenvalue weighted by Gasteiger charge is -2.17. The van der Waals surface area contributed by atoms with Gasteiger partial charge in [-0.3, -0.25) is 9.78 Å². The van der Waals surface area contributed by atoms with E-state index in [1.165, 1.54) is 12.1 Å². The van der Waals surface area contributed by atoms with Crippen molar-refractivity contribution < 1.29 is 14.3 Å². The number of hydrogen-bond acceptors (Lipinski definition) is 3. The van der Waals surface area contributed by atoms with Gasteiger partial charge >= 0.3 is 0 Å². The molecule has 0 aliphatic heterocycles. The first-order chi connectivity index (χ1) is 13.1. The molecular formula is C22H21FN2O2. The molecular weight excluding hydrogens is 343 g/mol. The molecule has 3 aromatic rings. The lowest BCUT2D eigenvalue weighted by atomic mass is 9.91. The van der Waals surface area contributed by atoms with Gasteiger partial charge in [-0.2, -0.15) is 0 Å². The van der Waals surface area contributed by atoms with Crippen LogP contribution in [0.5, 0.6) is 5.75 Å². The zero-order valence-corrected chi connectivity index (χ0v) is 14.8. The first-order valence-corrected chi connectivity index (χ1v) is 8.82. The van der Waals surface area contributed by atoms with Crippen LogP contribution < -0.4 is 5.32 Å². The van der Waals surface area contributed by atoms with E-state index in [-0.39, 0.29) is 17.5 Å². The standard InChI is InChI=1S/C22H21FN2O2/c23-19-9-7-17(8-10-19)20(14-16-4-3-12-24-15-16)22(27)25-13-11-18-5-1-2-6-21(18)26/h1-10,12,15,20,26H,11,13-14H2,(H,25,27). The normalized spacial score (nSPS) is 11.7. The maximum absolute atomic E-state index is 13.3. The number of rotatable bonds is 7. The third-order valence-corrected chi connectivity index (χ3v) is 4.44. The number of aromatic hydroxyl groups is 1. The second-order valence-corrected chi connectivity index (χ2v) is 6.34. The largest absolute Gasteiger partial charge is 0.508 e. The van der Waals surface area contributed by atoms with Crippen LogP contribution in [0.3, 0.4) is 0 Å². The molecule has 4 nitrogen and oxygen atoms in total. The number of para-hydroxylation sites is 1. The van der Waals surface area contributed by atoms with Crippen molar-refractivity contribution in [3.05, 3.63) is 95.6 Å². The fraction of sp³-hybridized carbons (Fsp3) is 0.182. The highest BCUT2D eigenvalue weighted by atomic mass is 19.1. The average molecular weight is 364 g/mol. The van der Waals surface area contributed by atoms with Crippen molar-refractivity contribution in [2.24, 2.45) is 0 Å². The molecule has 138 valence electrons. The van der Waals surface area contributed by atoms with Gasteiger partial charge in [0.2, 0.25) is 5.91 Å². The summed E-state index contributed by atoms with van der Waals surface area (Å²) in [6, 6.07) is 16.8. The minimum atomic E-state index is -0.445. The number of amides is 1. The van der Waals surface area contributed by atoms with Crippen molar-refractivity contribution in [1.82, 2.24) is 10.3 Å². The van der Waals surface area contributed by atoms with Crippen LogP contribution >= 0.6 is 0 Å². The molecule has 0 bridgehead atoms. The molecule has 1 unspecified atom stereocenters. The first kappa shape index (κ1) is 18.6. The van der Waals surface area contributed by atoms with Crippen LogP contribution in [0.4, 0.5) is 4.39 Å². The molecule has 0 aliphatic rings. The molecule has 0 saturated heterocycles. The minimum absolute atomic E-state index is 0.138. The smallest absolute Gasteiger partial charge is 0.227 e. The Morgan fingerprint density at radius 2 is 1.85 bits per heavy atom. The van der Waals surface area contributed by atoms with Crippen LogP contribution in [0.15, 0.2) is 73.1 Å². The van der Waals surface area contributed by atoms with Gasteiger partial charge in [0.05, 0.1) is 5.92 Å². The van der Waals surface area contributed by atoms with E-state index in [2.05, 4.69) is 10.3 Å². The molecule has 0 radical (unpaired) electrons. The number of carbonyl (C=O) groups excluding carboxylic acids is 1. The van der Waals surface area contributed by atoms with Gasteiger partial charge in [-0.15, -0.1) is 0 Å². The zero-order valence-electron chi connectivity index (χ0n) is 14.8. The van der Waals surface area contributed by atoms with Crippen LogP contribution in [0.2, 0.25) is 0 Å². The quantitative estimate of drug-likeness (QED) is 0.673. The lowest BCUT2D eigenvalue weighted by Crippen LogP contribution is -2.32. The summed E-state index contributed by atoms with van der Waals surface area (Å²) in [5, 5.41) is 12.8. The Kier molecular flexibility index (Phi) is 6.15. The Labute approximate surface area is 157 Å². The number of carbonyl (C=O) groups is 1. The summed E-state index contributed by atoms with van der Waals surface area (Å²) in [6.07, 6.45) is 4.41. The fourth-order valence-corrected chi connectivity index (χ4v) is 2.98. The number of aromatic nitrogens is 1. The highest BCUT2D eigenvalue weighted by Crippen LogP contribution is 2.22. The number of nitrogens with zero attached hydrogens (tertiary/aromatic N) is 1. The van der Waals surface area contributed by atoms with Crippen molar-refractivity contribution in [3.8, 4) is 5.75 Å². The predicted octanol–water partition coefficient (Wildman–Crippen LogP) is 3.61. The van der Waals surface area contributed by atoms with E-state index in [0.29, 0.717) is 19.4 Å². The molecule has 0 saturated carbocycles. The Morgan fingerprint density at radius 3 is 2.56 bits per heavy atom. The lowest BCUT2D eigenvalue weighted by molar-refractivity contribution is -0.122. The van der Waals surface area contributed by atoms with Crippen molar-refractivity contribution in [2.75, 3.05) is 6.54 Å². The van der Waals surface area contributed by atoms with E-state index in [9.17, 15) is 14.3 Å². The van der Waals surface area contributed by atoms with Gasteiger partial charge in [0.25, 0.3) is 0 Å². The van der Waals surface area contributed by atoms with E-state index < -0.39 is 5.92 Å². The second-order valence-electron chi connectivity index (χ2n) is 6.34.